The molecule has 132 valence electrons. The van der Waals surface area contributed by atoms with E-state index in [9.17, 15) is 9.59 Å². The van der Waals surface area contributed by atoms with Crippen molar-refractivity contribution in [3.05, 3.63) is 42.2 Å². The standard InChI is InChI=1S/C18H23N5O2/c1-13-7-12-23(21-13)17-6-4-3-5-16(17)20-18(25)22-10-8-15(9-11-22)19-14(2)24/h3-7,12,15H,8-11H2,1-2H3,(H,19,24)(H,20,25). The Labute approximate surface area is 147 Å². The molecule has 0 saturated carbocycles. The molecule has 25 heavy (non-hydrogen) atoms. The lowest BCUT2D eigenvalue weighted by Crippen LogP contribution is -2.47. The molecule has 2 aromatic rings. The van der Waals surface area contributed by atoms with Gasteiger partial charge in [0.05, 0.1) is 17.1 Å². The van der Waals surface area contributed by atoms with Gasteiger partial charge >= 0.3 is 6.03 Å². The van der Waals surface area contributed by atoms with E-state index in [2.05, 4.69) is 15.7 Å². The van der Waals surface area contributed by atoms with Gasteiger partial charge in [-0.05, 0) is 38.0 Å². The van der Waals surface area contributed by atoms with Crippen molar-refractivity contribution < 1.29 is 9.59 Å². The predicted molar refractivity (Wildman–Crippen MR) is 95.7 cm³/mol. The number of amides is 3. The maximum atomic E-state index is 12.6. The van der Waals surface area contributed by atoms with Crippen molar-refractivity contribution in [3.8, 4) is 5.69 Å². The third kappa shape index (κ3) is 4.17. The molecule has 3 amide bonds. The molecule has 2 heterocycles. The zero-order valence-electron chi connectivity index (χ0n) is 14.5. The largest absolute Gasteiger partial charge is 0.353 e. The number of benzene rings is 1. The molecule has 1 aromatic carbocycles. The van der Waals surface area contributed by atoms with E-state index >= 15 is 0 Å². The van der Waals surface area contributed by atoms with Crippen LogP contribution in [-0.4, -0.2) is 45.8 Å². The van der Waals surface area contributed by atoms with E-state index in [-0.39, 0.29) is 18.0 Å². The molecule has 0 bridgehead atoms. The zero-order chi connectivity index (χ0) is 17.8. The summed E-state index contributed by atoms with van der Waals surface area (Å²) in [6.07, 6.45) is 3.42. The Balaban J connectivity index is 1.65. The molecule has 3 rings (SSSR count). The first-order valence-electron chi connectivity index (χ1n) is 8.47. The Bertz CT molecular complexity index is 762. The quantitative estimate of drug-likeness (QED) is 0.899. The SMILES string of the molecule is CC(=O)NC1CCN(C(=O)Nc2ccccc2-n2ccc(C)n2)CC1. The number of carbonyl (C=O) groups excluding carboxylic acids is 2. The summed E-state index contributed by atoms with van der Waals surface area (Å²) in [7, 11) is 0. The van der Waals surface area contributed by atoms with E-state index in [0.717, 1.165) is 29.9 Å². The molecular formula is C18H23N5O2. The van der Waals surface area contributed by atoms with Gasteiger partial charge in [-0.2, -0.15) is 5.10 Å². The minimum absolute atomic E-state index is 0.0219. The highest BCUT2D eigenvalue weighted by atomic mass is 16.2. The van der Waals surface area contributed by atoms with Crippen LogP contribution < -0.4 is 10.6 Å². The minimum atomic E-state index is -0.127. The number of nitrogens with zero attached hydrogens (tertiary/aromatic N) is 3. The van der Waals surface area contributed by atoms with Gasteiger partial charge in [0, 0.05) is 32.3 Å². The summed E-state index contributed by atoms with van der Waals surface area (Å²) in [6.45, 7) is 4.70. The molecule has 0 radical (unpaired) electrons. The predicted octanol–water partition coefficient (Wildman–Crippen LogP) is 2.31. The zero-order valence-corrected chi connectivity index (χ0v) is 14.5. The molecule has 0 spiro atoms. The van der Waals surface area contributed by atoms with Gasteiger partial charge in [-0.3, -0.25) is 4.79 Å². The lowest BCUT2D eigenvalue weighted by atomic mass is 10.1. The molecule has 1 aliphatic rings. The number of nitrogens with one attached hydrogen (secondary N) is 2. The number of rotatable bonds is 3. The van der Waals surface area contributed by atoms with Crippen LogP contribution in [0.1, 0.15) is 25.5 Å². The Kier molecular flexibility index (Phi) is 5.02. The number of aromatic nitrogens is 2. The van der Waals surface area contributed by atoms with Crippen LogP contribution in [0, 0.1) is 6.92 Å². The first-order chi connectivity index (χ1) is 12.0. The molecule has 7 heteroatoms. The summed E-state index contributed by atoms with van der Waals surface area (Å²) in [6, 6.07) is 9.54. The molecule has 1 aromatic heterocycles. The fourth-order valence-electron chi connectivity index (χ4n) is 3.04. The first kappa shape index (κ1) is 17.0. The van der Waals surface area contributed by atoms with Crippen molar-refractivity contribution in [2.75, 3.05) is 18.4 Å². The molecular weight excluding hydrogens is 318 g/mol. The van der Waals surface area contributed by atoms with Crippen LogP contribution in [0.4, 0.5) is 10.5 Å². The maximum absolute atomic E-state index is 12.6. The smallest absolute Gasteiger partial charge is 0.321 e. The van der Waals surface area contributed by atoms with E-state index in [0.29, 0.717) is 13.1 Å². The molecule has 0 atom stereocenters. The van der Waals surface area contributed by atoms with Crippen LogP contribution in [0.25, 0.3) is 5.69 Å². The van der Waals surface area contributed by atoms with Gasteiger partial charge in [-0.25, -0.2) is 9.48 Å². The number of anilines is 1. The Morgan fingerprint density at radius 1 is 1.16 bits per heavy atom. The summed E-state index contributed by atoms with van der Waals surface area (Å²) in [5, 5.41) is 10.3. The van der Waals surface area contributed by atoms with Gasteiger partial charge in [0.1, 0.15) is 0 Å². The molecule has 1 aliphatic heterocycles. The normalized spacial score (nSPS) is 15.0. The summed E-state index contributed by atoms with van der Waals surface area (Å²) in [5.74, 6) is -0.0219. The van der Waals surface area contributed by atoms with Crippen molar-refractivity contribution >= 4 is 17.6 Å². The molecule has 0 unspecified atom stereocenters. The monoisotopic (exact) mass is 341 g/mol. The van der Waals surface area contributed by atoms with E-state index in [1.165, 1.54) is 6.92 Å². The number of para-hydroxylation sites is 2. The lowest BCUT2D eigenvalue weighted by Gasteiger charge is -2.32. The van der Waals surface area contributed by atoms with Crippen LogP contribution in [0.2, 0.25) is 0 Å². The molecule has 1 saturated heterocycles. The van der Waals surface area contributed by atoms with Crippen molar-refractivity contribution in [3.63, 3.8) is 0 Å². The second-order valence-corrected chi connectivity index (χ2v) is 6.31. The van der Waals surface area contributed by atoms with Crippen molar-refractivity contribution in [2.24, 2.45) is 0 Å². The third-order valence-corrected chi connectivity index (χ3v) is 4.30. The van der Waals surface area contributed by atoms with Crippen molar-refractivity contribution in [1.29, 1.82) is 0 Å². The number of carbonyl (C=O) groups is 2. The number of aryl methyl sites for hydroxylation is 1. The summed E-state index contributed by atoms with van der Waals surface area (Å²) in [4.78, 5) is 25.5. The summed E-state index contributed by atoms with van der Waals surface area (Å²) >= 11 is 0. The van der Waals surface area contributed by atoms with Crippen LogP contribution >= 0.6 is 0 Å². The van der Waals surface area contributed by atoms with Crippen LogP contribution in [-0.2, 0) is 4.79 Å². The van der Waals surface area contributed by atoms with Crippen LogP contribution in [0.3, 0.4) is 0 Å². The highest BCUT2D eigenvalue weighted by molar-refractivity contribution is 5.91. The van der Waals surface area contributed by atoms with Gasteiger partial charge in [0.25, 0.3) is 0 Å². The fraction of sp³-hybridized carbons (Fsp3) is 0.389. The Hall–Kier alpha value is -2.83. The first-order valence-corrected chi connectivity index (χ1v) is 8.47. The van der Waals surface area contributed by atoms with E-state index in [1.807, 2.05) is 43.5 Å². The minimum Gasteiger partial charge on any atom is -0.353 e. The van der Waals surface area contributed by atoms with Gasteiger partial charge in [-0.1, -0.05) is 12.1 Å². The van der Waals surface area contributed by atoms with Crippen molar-refractivity contribution in [1.82, 2.24) is 20.0 Å². The Morgan fingerprint density at radius 2 is 1.88 bits per heavy atom. The second kappa shape index (κ2) is 7.38. The van der Waals surface area contributed by atoms with Crippen LogP contribution in [0.15, 0.2) is 36.5 Å². The Morgan fingerprint density at radius 3 is 2.52 bits per heavy atom. The van der Waals surface area contributed by atoms with Crippen molar-refractivity contribution in [2.45, 2.75) is 32.7 Å². The van der Waals surface area contributed by atoms with Gasteiger partial charge in [0.15, 0.2) is 0 Å². The third-order valence-electron chi connectivity index (χ3n) is 4.30. The topological polar surface area (TPSA) is 79.3 Å². The van der Waals surface area contributed by atoms with E-state index < -0.39 is 0 Å². The highest BCUT2D eigenvalue weighted by Gasteiger charge is 2.23. The number of likely N-dealkylation sites (tertiary alicyclic amines) is 1. The van der Waals surface area contributed by atoms with Gasteiger partial charge in [-0.15, -0.1) is 0 Å². The molecule has 2 N–H and O–H groups in total. The molecule has 1 fully saturated rings. The van der Waals surface area contributed by atoms with E-state index in [1.54, 1.807) is 9.58 Å². The molecule has 0 aliphatic carbocycles. The maximum Gasteiger partial charge on any atom is 0.321 e. The number of hydrogen-bond acceptors (Lipinski definition) is 3. The van der Waals surface area contributed by atoms with Gasteiger partial charge < -0.3 is 15.5 Å². The summed E-state index contributed by atoms with van der Waals surface area (Å²) < 4.78 is 1.76. The lowest BCUT2D eigenvalue weighted by molar-refractivity contribution is -0.119. The molecule has 7 nitrogen and oxygen atoms in total. The number of piperidine rings is 1. The van der Waals surface area contributed by atoms with Gasteiger partial charge in [0.2, 0.25) is 5.91 Å². The number of hydrogen-bond donors (Lipinski definition) is 2. The summed E-state index contributed by atoms with van der Waals surface area (Å²) in [5.41, 5.74) is 2.47. The average molecular weight is 341 g/mol. The van der Waals surface area contributed by atoms with E-state index in [4.69, 9.17) is 0 Å². The second-order valence-electron chi connectivity index (χ2n) is 6.31. The average Bonchev–Trinajstić information content (AvgIpc) is 3.02. The highest BCUT2D eigenvalue weighted by Crippen LogP contribution is 2.21. The number of urea groups is 1. The fourth-order valence-corrected chi connectivity index (χ4v) is 3.04. The van der Waals surface area contributed by atoms with Crippen LogP contribution in [0.5, 0.6) is 0 Å².